The molecule has 6 rings (SSSR count). The highest BCUT2D eigenvalue weighted by Gasteiger charge is 2.44. The van der Waals surface area contributed by atoms with Crippen molar-refractivity contribution in [1.29, 1.82) is 0 Å². The van der Waals surface area contributed by atoms with Gasteiger partial charge in [0, 0.05) is 43.7 Å². The molecule has 2 N–H and O–H groups in total. The number of aromatic amines is 1. The third kappa shape index (κ3) is 10.4. The number of H-pyrrole nitrogens is 1. The fourth-order valence-corrected chi connectivity index (χ4v) is 8.69. The summed E-state index contributed by atoms with van der Waals surface area (Å²) in [5, 5.41) is 5.24. The van der Waals surface area contributed by atoms with E-state index in [9.17, 15) is 49.9 Å². The maximum atomic E-state index is 14.8. The van der Waals surface area contributed by atoms with Crippen molar-refractivity contribution >= 4 is 50.7 Å². The Morgan fingerprint density at radius 3 is 2.40 bits per heavy atom. The van der Waals surface area contributed by atoms with Crippen molar-refractivity contribution in [1.82, 2.24) is 25.1 Å². The number of likely N-dealkylation sites (tertiary alicyclic amines) is 1. The molecule has 21 heteroatoms. The van der Waals surface area contributed by atoms with E-state index >= 15 is 0 Å². The Labute approximate surface area is 334 Å². The zero-order valence-electron chi connectivity index (χ0n) is 31.1. The number of nitrogens with one attached hydrogen (secondary N) is 2. The van der Waals surface area contributed by atoms with Crippen molar-refractivity contribution in [2.45, 2.75) is 69.6 Å². The molecule has 2 aromatic heterocycles. The standard InChI is InChI=1S/C37H38F7N5O7S2/c1-20(2)25-18-57-30(46-25)31(50)49-11-12-54-35(19-49)6-9-48(10-7-35)17-22-13-21(14-23(38)15-22)5-8-45-16-27(56-33(52)37(42,43)44)24-3-4-26(55-32(51)36(39,40)41)28-29(24)58-34(53)47-28/h3-4,13-15,18,20,27,45H,5-12,16-17,19H2,1-2H3,(H,47,53)/t27-/m0/s1. The summed E-state index contributed by atoms with van der Waals surface area (Å²) in [5.74, 6) is -6.26. The van der Waals surface area contributed by atoms with E-state index in [1.807, 2.05) is 19.2 Å². The molecule has 0 unspecified atom stereocenters. The number of piperidine rings is 1. The Morgan fingerprint density at radius 2 is 1.72 bits per heavy atom. The van der Waals surface area contributed by atoms with Crippen LogP contribution in [0.1, 0.15) is 70.9 Å². The molecule has 0 saturated carbocycles. The van der Waals surface area contributed by atoms with E-state index in [-0.39, 0.29) is 35.1 Å². The number of ether oxygens (including phenoxy) is 3. The Hall–Kier alpha value is -4.44. The average Bonchev–Trinajstić information content (AvgIpc) is 3.81. The van der Waals surface area contributed by atoms with Gasteiger partial charge in [0.2, 0.25) is 0 Å². The van der Waals surface area contributed by atoms with Crippen molar-refractivity contribution in [3.63, 3.8) is 0 Å². The van der Waals surface area contributed by atoms with Crippen LogP contribution in [0.25, 0.3) is 10.2 Å². The summed E-state index contributed by atoms with van der Waals surface area (Å²) in [4.78, 5) is 58.7. The monoisotopic (exact) mass is 861 g/mol. The Kier molecular flexibility index (Phi) is 13.0. The van der Waals surface area contributed by atoms with Crippen LogP contribution in [0.3, 0.4) is 0 Å². The minimum absolute atomic E-state index is 0.0648. The molecule has 4 heterocycles. The molecular weight excluding hydrogens is 824 g/mol. The first-order valence-corrected chi connectivity index (χ1v) is 19.8. The summed E-state index contributed by atoms with van der Waals surface area (Å²) in [7, 11) is 0. The molecule has 314 valence electrons. The number of amides is 1. The van der Waals surface area contributed by atoms with Crippen molar-refractivity contribution < 1.29 is 59.3 Å². The number of halogens is 7. The lowest BCUT2D eigenvalue weighted by Crippen LogP contribution is -2.57. The first-order valence-electron chi connectivity index (χ1n) is 18.1. The highest BCUT2D eigenvalue weighted by Crippen LogP contribution is 2.36. The molecule has 1 amide bonds. The van der Waals surface area contributed by atoms with Gasteiger partial charge in [0.05, 0.1) is 29.1 Å². The fourth-order valence-electron chi connectivity index (χ4n) is 6.84. The second kappa shape index (κ2) is 17.4. The number of fused-ring (bicyclic) bond motifs is 1. The smallest absolute Gasteiger partial charge is 0.449 e. The van der Waals surface area contributed by atoms with Gasteiger partial charge < -0.3 is 29.4 Å². The van der Waals surface area contributed by atoms with Crippen molar-refractivity contribution in [2.75, 3.05) is 45.9 Å². The van der Waals surface area contributed by atoms with E-state index in [1.54, 1.807) is 11.0 Å². The molecule has 2 saturated heterocycles. The third-order valence-corrected chi connectivity index (χ3v) is 11.6. The maximum absolute atomic E-state index is 14.8. The van der Waals surface area contributed by atoms with Gasteiger partial charge in [-0.1, -0.05) is 31.3 Å². The number of carbonyl (C=O) groups excluding carboxylic acids is 3. The van der Waals surface area contributed by atoms with Crippen LogP contribution in [0.4, 0.5) is 30.7 Å². The molecule has 1 atom stereocenters. The molecule has 12 nitrogen and oxygen atoms in total. The first-order chi connectivity index (χ1) is 27.3. The third-order valence-electron chi connectivity index (χ3n) is 9.78. The molecule has 0 bridgehead atoms. The average molecular weight is 862 g/mol. The Bertz CT molecular complexity index is 2200. The number of aromatic nitrogens is 2. The molecule has 0 aliphatic carbocycles. The summed E-state index contributed by atoms with van der Waals surface area (Å²) >= 11 is 1.74. The van der Waals surface area contributed by atoms with Gasteiger partial charge >= 0.3 is 29.2 Å². The van der Waals surface area contributed by atoms with Gasteiger partial charge in [0.15, 0.2) is 10.8 Å². The minimum atomic E-state index is -5.40. The van der Waals surface area contributed by atoms with Crippen LogP contribution in [0.2, 0.25) is 0 Å². The number of benzene rings is 2. The number of esters is 2. The molecular formula is C37H38F7N5O7S2. The number of carbonyl (C=O) groups is 3. The van der Waals surface area contributed by atoms with Crippen molar-refractivity contribution in [3.05, 3.63) is 78.6 Å². The largest absolute Gasteiger partial charge is 0.491 e. The van der Waals surface area contributed by atoms with Gasteiger partial charge in [0.1, 0.15) is 17.4 Å². The molecule has 1 spiro atoms. The van der Waals surface area contributed by atoms with Crippen LogP contribution in [-0.2, 0) is 32.0 Å². The van der Waals surface area contributed by atoms with Crippen molar-refractivity contribution in [3.8, 4) is 5.75 Å². The number of alkyl halides is 6. The molecule has 0 radical (unpaired) electrons. The lowest BCUT2D eigenvalue weighted by molar-refractivity contribution is -0.205. The van der Waals surface area contributed by atoms with E-state index in [0.29, 0.717) is 79.6 Å². The summed E-state index contributed by atoms with van der Waals surface area (Å²) in [6, 6.07) is 6.35. The van der Waals surface area contributed by atoms with E-state index in [0.717, 1.165) is 17.8 Å². The summed E-state index contributed by atoms with van der Waals surface area (Å²) in [6.07, 6.45) is -11.0. The van der Waals surface area contributed by atoms with Gasteiger partial charge in [-0.2, -0.15) is 26.3 Å². The van der Waals surface area contributed by atoms with Gasteiger partial charge in [-0.05, 0) is 67.1 Å². The highest BCUT2D eigenvalue weighted by atomic mass is 32.1. The number of hydrogen-bond acceptors (Lipinski definition) is 12. The lowest BCUT2D eigenvalue weighted by Gasteiger charge is -2.47. The minimum Gasteiger partial charge on any atom is -0.449 e. The predicted molar refractivity (Wildman–Crippen MR) is 197 cm³/mol. The Balaban J connectivity index is 1.06. The quantitative estimate of drug-likeness (QED) is 0.0726. The number of thiazole rings is 2. The molecule has 2 aliphatic heterocycles. The number of nitrogens with zero attached hydrogens (tertiary/aromatic N) is 3. The normalized spacial score (nSPS) is 16.9. The highest BCUT2D eigenvalue weighted by molar-refractivity contribution is 7.16. The van der Waals surface area contributed by atoms with Gasteiger partial charge in [-0.15, -0.1) is 11.3 Å². The van der Waals surface area contributed by atoms with Crippen LogP contribution in [0, 0.1) is 5.82 Å². The fraction of sp³-hybridized carbons (Fsp3) is 0.486. The van der Waals surface area contributed by atoms with E-state index < -0.39 is 64.5 Å². The number of morpholine rings is 1. The first kappa shape index (κ1) is 43.1. The van der Waals surface area contributed by atoms with Crippen molar-refractivity contribution in [2.24, 2.45) is 0 Å². The van der Waals surface area contributed by atoms with Gasteiger partial charge in [-0.25, -0.2) is 19.0 Å². The molecule has 58 heavy (non-hydrogen) atoms. The lowest BCUT2D eigenvalue weighted by atomic mass is 9.89. The van der Waals surface area contributed by atoms with Gasteiger partial charge in [0.25, 0.3) is 5.91 Å². The second-order valence-electron chi connectivity index (χ2n) is 14.3. The zero-order chi connectivity index (χ0) is 42.0. The van der Waals surface area contributed by atoms with E-state index in [1.165, 1.54) is 23.5 Å². The SMILES string of the molecule is CC(C)c1csc(C(=O)N2CCOC3(CCN(Cc4cc(F)cc(CCNC[C@H](OC(=O)C(F)(F)F)c5ccc(OC(=O)C(F)(F)F)c6[nH]c(=O)sc56)c4)CC3)C2)n1. The van der Waals surface area contributed by atoms with Crippen LogP contribution >= 0.6 is 22.7 Å². The number of rotatable bonds is 12. The van der Waals surface area contributed by atoms with Crippen LogP contribution in [0.5, 0.6) is 5.75 Å². The van der Waals surface area contributed by atoms with Gasteiger partial charge in [-0.3, -0.25) is 14.5 Å². The van der Waals surface area contributed by atoms with Crippen LogP contribution < -0.4 is 14.9 Å². The van der Waals surface area contributed by atoms with E-state index in [4.69, 9.17) is 9.47 Å². The summed E-state index contributed by atoms with van der Waals surface area (Å²) in [6.45, 7) is 6.69. The molecule has 2 aliphatic rings. The molecule has 2 fully saturated rings. The zero-order valence-corrected chi connectivity index (χ0v) is 32.7. The number of hydrogen-bond donors (Lipinski definition) is 2. The summed E-state index contributed by atoms with van der Waals surface area (Å²) in [5.41, 5.74) is 1.04. The molecule has 4 aromatic rings. The van der Waals surface area contributed by atoms with E-state index in [2.05, 4.69) is 24.9 Å². The summed E-state index contributed by atoms with van der Waals surface area (Å²) < 4.78 is 108. The van der Waals surface area contributed by atoms with Crippen LogP contribution in [-0.4, -0.2) is 101 Å². The maximum Gasteiger partial charge on any atom is 0.491 e. The second-order valence-corrected chi connectivity index (χ2v) is 16.2. The van der Waals surface area contributed by atoms with Crippen LogP contribution in [0.15, 0.2) is 40.5 Å². The Morgan fingerprint density at radius 1 is 1.02 bits per heavy atom. The molecule has 2 aromatic carbocycles. The topological polar surface area (TPSA) is 143 Å². The predicted octanol–water partition coefficient (Wildman–Crippen LogP) is 6.26.